The third kappa shape index (κ3) is 15.1. The Labute approximate surface area is 529 Å². The number of amides is 4. The summed E-state index contributed by atoms with van der Waals surface area (Å²) < 4.78 is 51.3. The van der Waals surface area contributed by atoms with Crippen LogP contribution in [0.3, 0.4) is 0 Å². The highest BCUT2D eigenvalue weighted by Crippen LogP contribution is 2.47. The van der Waals surface area contributed by atoms with Gasteiger partial charge in [0, 0.05) is 74.5 Å². The molecule has 10 rings (SSSR count). The molecule has 2 N–H and O–H groups in total. The molecule has 4 aromatic carbocycles. The summed E-state index contributed by atoms with van der Waals surface area (Å²) in [5.41, 5.74) is 13.3. The number of amidine groups is 1. The van der Waals surface area contributed by atoms with Crippen molar-refractivity contribution in [2.75, 3.05) is 110 Å². The van der Waals surface area contributed by atoms with Gasteiger partial charge in [0.1, 0.15) is 47.3 Å². The van der Waals surface area contributed by atoms with Crippen molar-refractivity contribution in [1.29, 1.82) is 0 Å². The van der Waals surface area contributed by atoms with Gasteiger partial charge in [-0.15, -0.1) is 0 Å². The summed E-state index contributed by atoms with van der Waals surface area (Å²) in [5, 5.41) is 5.23. The molecular formula is C67H77ClFN11O10. The summed E-state index contributed by atoms with van der Waals surface area (Å²) in [6.07, 6.45) is 3.83. The third-order valence-corrected chi connectivity index (χ3v) is 16.7. The van der Waals surface area contributed by atoms with Gasteiger partial charge in [-0.25, -0.2) is 14.2 Å². The Balaban J connectivity index is 0.633. The Kier molecular flexibility index (Phi) is 21.4. The summed E-state index contributed by atoms with van der Waals surface area (Å²) in [5.74, 6) is 1.05. The molecule has 6 heterocycles. The quantitative estimate of drug-likeness (QED) is 0.0417. The van der Waals surface area contributed by atoms with E-state index >= 15 is 4.79 Å². The number of anilines is 2. The number of methoxy groups -OCH3 is 1. The lowest BCUT2D eigenvalue weighted by atomic mass is 9.93. The lowest BCUT2D eigenvalue weighted by molar-refractivity contribution is -0.135. The zero-order valence-corrected chi connectivity index (χ0v) is 52.3. The highest BCUT2D eigenvalue weighted by molar-refractivity contribution is 6.30. The van der Waals surface area contributed by atoms with Gasteiger partial charge < -0.3 is 58.6 Å². The molecule has 2 aromatic heterocycles. The van der Waals surface area contributed by atoms with Crippen molar-refractivity contribution in [3.63, 3.8) is 0 Å². The van der Waals surface area contributed by atoms with Crippen LogP contribution in [-0.4, -0.2) is 170 Å². The molecule has 4 amide bonds. The number of piperazine rings is 1. The standard InChI is InChI=1S/C67H77ClFN11O10/c1-43(2)90-58-39-51(85-6)20-22-53(58)65-73-61(45-13-11-44(3)12-14-45)62(46-15-17-48(68)18-16-46)80(65)67(84)77-27-26-76(59(82)42-77)28-30-87-32-34-89-36-35-88-33-31-86-29-23-50(81)9-7-25-79-57-41-75(5)66(83)52-21-19-49(69)38-54(52)55-10-8-24-78(55)56-37-47(40-72-63(56)70)60(57)64(71-4)74-79/h11-22,37-40,43,55,61-62H,7-10,23-36,41-42H2,1-3,5-6H3,(H2,70,72)/t55-,61+,62-/m1/s1. The van der Waals surface area contributed by atoms with E-state index in [-0.39, 0.29) is 80.7 Å². The summed E-state index contributed by atoms with van der Waals surface area (Å²) >= 11 is 6.40. The van der Waals surface area contributed by atoms with E-state index in [2.05, 4.69) is 19.8 Å². The molecule has 6 aromatic rings. The normalized spacial score (nSPS) is 17.4. The van der Waals surface area contributed by atoms with Crippen LogP contribution in [0.5, 0.6) is 11.5 Å². The van der Waals surface area contributed by atoms with Crippen LogP contribution in [0.15, 0.2) is 102 Å². The number of nitrogens with zero attached hydrogens (tertiary/aromatic N) is 10. The molecule has 0 aliphatic carbocycles. The number of ketones is 1. The van der Waals surface area contributed by atoms with Gasteiger partial charge in [0.05, 0.1) is 108 Å². The molecule has 90 heavy (non-hydrogen) atoms. The highest BCUT2D eigenvalue weighted by atomic mass is 35.5. The molecule has 4 aliphatic heterocycles. The Morgan fingerprint density at radius 3 is 2.22 bits per heavy atom. The van der Waals surface area contributed by atoms with Gasteiger partial charge in [-0.3, -0.25) is 24.3 Å². The number of aliphatic imine (C=N–C) groups is 1. The molecular weight excluding hydrogens is 1170 g/mol. The topological polar surface area (TPSA) is 213 Å². The number of nitrogens with two attached hydrogens (primary N) is 1. The van der Waals surface area contributed by atoms with Crippen LogP contribution in [0.25, 0.3) is 16.0 Å². The van der Waals surface area contributed by atoms with E-state index in [4.69, 9.17) is 57.3 Å². The number of carbonyl (C=O) groups excluding carboxylic acids is 4. The van der Waals surface area contributed by atoms with E-state index in [1.54, 1.807) is 62.8 Å². The maximum absolute atomic E-state index is 15.1. The van der Waals surface area contributed by atoms with Gasteiger partial charge in [0.2, 0.25) is 5.91 Å². The zero-order valence-electron chi connectivity index (χ0n) is 51.6. The number of aromatic nitrogens is 3. The molecule has 3 atom stereocenters. The summed E-state index contributed by atoms with van der Waals surface area (Å²) in [4.78, 5) is 78.3. The molecule has 0 unspecified atom stereocenters. The van der Waals surface area contributed by atoms with Gasteiger partial charge in [0.15, 0.2) is 0 Å². The minimum atomic E-state index is -0.581. The number of nitrogen functional groups attached to an aromatic ring is 1. The van der Waals surface area contributed by atoms with Crippen LogP contribution in [-0.2, 0) is 41.6 Å². The molecule has 2 fully saturated rings. The number of rotatable bonds is 25. The van der Waals surface area contributed by atoms with Crippen molar-refractivity contribution < 1.29 is 52.0 Å². The van der Waals surface area contributed by atoms with Gasteiger partial charge in [0.25, 0.3) is 5.91 Å². The van der Waals surface area contributed by atoms with E-state index in [0.717, 1.165) is 23.1 Å². The number of carbonyl (C=O) groups is 4. The fourth-order valence-electron chi connectivity index (χ4n) is 12.0. The highest BCUT2D eigenvalue weighted by Gasteiger charge is 2.46. The average molecular weight is 1250 g/mol. The maximum Gasteiger partial charge on any atom is 0.326 e. The molecule has 0 spiro atoms. The minimum Gasteiger partial charge on any atom is -0.497 e. The summed E-state index contributed by atoms with van der Waals surface area (Å²) in [6.45, 7) is 18.3. The fraction of sp³-hybridized carbons (Fsp3) is 0.433. The first-order chi connectivity index (χ1) is 43.6. The van der Waals surface area contributed by atoms with Crippen LogP contribution < -0.4 is 20.1 Å². The van der Waals surface area contributed by atoms with E-state index in [0.29, 0.717) is 153 Å². The van der Waals surface area contributed by atoms with Gasteiger partial charge in [-0.1, -0.05) is 60.1 Å². The fourth-order valence-corrected chi connectivity index (χ4v) is 12.1. The van der Waals surface area contributed by atoms with Crippen LogP contribution in [0.2, 0.25) is 5.02 Å². The van der Waals surface area contributed by atoms with Crippen molar-refractivity contribution >= 4 is 58.4 Å². The monoisotopic (exact) mass is 1250 g/mol. The van der Waals surface area contributed by atoms with E-state index in [1.165, 1.54) is 18.2 Å². The summed E-state index contributed by atoms with van der Waals surface area (Å²) in [6, 6.07) is 25.5. The van der Waals surface area contributed by atoms with Crippen molar-refractivity contribution in [2.24, 2.45) is 4.99 Å². The second kappa shape index (κ2) is 29.9. The Hall–Kier alpha value is -8.46. The van der Waals surface area contributed by atoms with E-state index < -0.39 is 17.9 Å². The number of halogens is 2. The number of pyridine rings is 1. The van der Waals surface area contributed by atoms with Gasteiger partial charge >= 0.3 is 11.8 Å². The molecule has 21 nitrogen and oxygen atoms in total. The number of aryl methyl sites for hydroxylation is 2. The van der Waals surface area contributed by atoms with Crippen LogP contribution >= 0.6 is 11.6 Å². The predicted molar refractivity (Wildman–Crippen MR) is 339 cm³/mol. The third-order valence-electron chi connectivity index (χ3n) is 16.5. The zero-order chi connectivity index (χ0) is 63.4. The lowest BCUT2D eigenvalue weighted by Gasteiger charge is -2.38. The van der Waals surface area contributed by atoms with Crippen molar-refractivity contribution in [1.82, 2.24) is 34.4 Å². The maximum atomic E-state index is 15.1. The average Bonchev–Trinajstić information content (AvgIpc) is 1.60. The lowest BCUT2D eigenvalue weighted by Crippen LogP contribution is -2.56. The van der Waals surface area contributed by atoms with Crippen molar-refractivity contribution in [3.05, 3.63) is 159 Å². The number of urea groups is 1. The van der Waals surface area contributed by atoms with Gasteiger partial charge in [-0.05, 0) is 116 Å². The predicted octanol–water partition coefficient (Wildman–Crippen LogP) is 10.2. The van der Waals surface area contributed by atoms with Gasteiger partial charge in [-0.2, -0.15) is 4.68 Å². The SMILES string of the molecule is [C-]#[N+]c1nn(CCCC(=O)CCOCCOCCOCCOCCN2CCN(C(=O)N3C(c4ccc(OC)cc4OC(C)C)=N[C@@H](c4ccc(C)cc4)[C@H]3c3ccc(Cl)cc3)CC2=O)c2c1-c1cnc(N)c(c1)N1CCC[C@@H]1c1cc(F)ccc1C(=O)N(C)C2. The Morgan fingerprint density at radius 1 is 0.822 bits per heavy atom. The number of Topliss-reactive ketones (excluding diaryl/α,β-unsaturated/α-hetero) is 1. The molecule has 2 bridgehead atoms. The number of ether oxygens (including phenoxy) is 6. The summed E-state index contributed by atoms with van der Waals surface area (Å²) in [7, 11) is 3.26. The molecule has 2 saturated heterocycles. The second-order valence-electron chi connectivity index (χ2n) is 23.0. The van der Waals surface area contributed by atoms with Crippen LogP contribution in [0.4, 0.5) is 26.5 Å². The second-order valence-corrected chi connectivity index (χ2v) is 23.4. The Morgan fingerprint density at radius 2 is 1.52 bits per heavy atom. The number of benzene rings is 4. The molecule has 0 radical (unpaired) electrons. The van der Waals surface area contributed by atoms with Crippen LogP contribution in [0, 0.1) is 19.3 Å². The molecule has 474 valence electrons. The number of fused-ring (bicyclic) bond motifs is 8. The smallest absolute Gasteiger partial charge is 0.326 e. The number of hydrogen-bond acceptors (Lipinski definition) is 15. The molecule has 0 saturated carbocycles. The van der Waals surface area contributed by atoms with Crippen molar-refractivity contribution in [2.45, 2.75) is 90.2 Å². The van der Waals surface area contributed by atoms with E-state index in [1.807, 2.05) is 75.4 Å². The van der Waals surface area contributed by atoms with Crippen LogP contribution in [0.1, 0.15) is 108 Å². The van der Waals surface area contributed by atoms with E-state index in [9.17, 15) is 18.8 Å². The molecule has 4 aliphatic rings. The molecule has 23 heteroatoms. The largest absolute Gasteiger partial charge is 0.497 e. The number of hydrogen-bond donors (Lipinski definition) is 1. The first kappa shape index (κ1) is 64.5. The first-order valence-corrected chi connectivity index (χ1v) is 31.0. The Bertz CT molecular complexity index is 3620. The minimum absolute atomic E-state index is 0.00951. The first-order valence-electron chi connectivity index (χ1n) is 30.6. The van der Waals surface area contributed by atoms with Crippen molar-refractivity contribution in [3.8, 4) is 22.6 Å².